The molecule has 0 aromatic carbocycles. The molecule has 0 aliphatic carbocycles. The van der Waals surface area contributed by atoms with Crippen LogP contribution >= 0.6 is 11.3 Å². The molecule has 1 aromatic rings. The van der Waals surface area contributed by atoms with Gasteiger partial charge in [-0.05, 0) is 6.92 Å². The van der Waals surface area contributed by atoms with Gasteiger partial charge in [0.1, 0.15) is 4.87 Å². The predicted molar refractivity (Wildman–Crippen MR) is 47.9 cm³/mol. The van der Waals surface area contributed by atoms with Crippen molar-refractivity contribution >= 4 is 16.5 Å². The van der Waals surface area contributed by atoms with E-state index in [0.29, 0.717) is 16.5 Å². The molecule has 12 heavy (non-hydrogen) atoms. The Kier molecular flexibility index (Phi) is 2.72. The van der Waals surface area contributed by atoms with E-state index >= 15 is 0 Å². The lowest BCUT2D eigenvalue weighted by Crippen LogP contribution is -2.09. The van der Waals surface area contributed by atoms with Crippen LogP contribution in [0.15, 0.2) is 0 Å². The highest BCUT2D eigenvalue weighted by Gasteiger charge is 2.09. The molecule has 5 nitrogen and oxygen atoms in total. The van der Waals surface area contributed by atoms with Crippen LogP contribution in [-0.2, 0) is 6.54 Å². The van der Waals surface area contributed by atoms with E-state index in [-0.39, 0.29) is 0 Å². The van der Waals surface area contributed by atoms with Crippen LogP contribution in [0, 0.1) is 11.8 Å². The topological polar surface area (TPSA) is 71.0 Å². The van der Waals surface area contributed by atoms with E-state index in [0.717, 1.165) is 10.6 Å². The molecule has 1 heterocycles. The third-order valence-corrected chi connectivity index (χ3v) is 2.42. The van der Waals surface area contributed by atoms with E-state index in [1.54, 1.807) is 0 Å². The Morgan fingerprint density at radius 2 is 2.42 bits per heavy atom. The first-order chi connectivity index (χ1) is 5.63. The smallest absolute Gasteiger partial charge is 0.245 e. The summed E-state index contributed by atoms with van der Waals surface area (Å²) in [5.41, 5.74) is 8.86. The van der Waals surface area contributed by atoms with E-state index in [4.69, 9.17) is 5.73 Å². The lowest BCUT2D eigenvalue weighted by atomic mass is 10.4. The van der Waals surface area contributed by atoms with Crippen LogP contribution in [0.3, 0.4) is 0 Å². The zero-order valence-electron chi connectivity index (χ0n) is 7.00. The third kappa shape index (κ3) is 1.99. The van der Waals surface area contributed by atoms with Crippen LogP contribution in [0.4, 0.5) is 5.13 Å². The molecule has 0 bridgehead atoms. The molecule has 0 saturated heterocycles. The Bertz CT molecular complexity index is 296. The van der Waals surface area contributed by atoms with Gasteiger partial charge in [0.25, 0.3) is 0 Å². The molecule has 3 N–H and O–H groups in total. The van der Waals surface area contributed by atoms with Crippen molar-refractivity contribution in [1.82, 2.24) is 4.98 Å². The molecule has 0 aliphatic rings. The summed E-state index contributed by atoms with van der Waals surface area (Å²) in [6, 6.07) is 0. The molecule has 0 fully saturated rings. The van der Waals surface area contributed by atoms with Gasteiger partial charge in [0, 0.05) is 11.4 Å². The van der Waals surface area contributed by atoms with E-state index < -0.39 is 0 Å². The van der Waals surface area contributed by atoms with Gasteiger partial charge in [0.2, 0.25) is 12.2 Å². The maximum absolute atomic E-state index is 10.6. The summed E-state index contributed by atoms with van der Waals surface area (Å²) in [5.74, 6) is 0. The highest BCUT2D eigenvalue weighted by molar-refractivity contribution is 7.15. The van der Waals surface area contributed by atoms with E-state index in [1.165, 1.54) is 18.4 Å². The van der Waals surface area contributed by atoms with Crippen LogP contribution in [0.2, 0.25) is 0 Å². The van der Waals surface area contributed by atoms with Crippen LogP contribution in [-0.4, -0.2) is 16.9 Å². The largest absolute Gasteiger partial charge is 0.326 e. The van der Waals surface area contributed by atoms with Gasteiger partial charge in [-0.25, -0.2) is 4.98 Å². The number of aryl methyl sites for hydroxylation is 1. The second-order valence-electron chi connectivity index (χ2n) is 2.34. The van der Waals surface area contributed by atoms with Crippen molar-refractivity contribution in [1.29, 1.82) is 0 Å². The first-order valence-corrected chi connectivity index (χ1v) is 4.29. The minimum atomic E-state index is 0.466. The second kappa shape index (κ2) is 3.59. The Morgan fingerprint density at radius 1 is 1.75 bits per heavy atom. The maximum Gasteiger partial charge on any atom is 0.245 e. The van der Waals surface area contributed by atoms with Crippen molar-refractivity contribution in [2.75, 3.05) is 12.5 Å². The summed E-state index contributed by atoms with van der Waals surface area (Å²) >= 11 is 1.40. The van der Waals surface area contributed by atoms with Gasteiger partial charge in [0.05, 0.1) is 10.6 Å². The maximum atomic E-state index is 10.6. The van der Waals surface area contributed by atoms with Crippen LogP contribution in [0.1, 0.15) is 10.6 Å². The Morgan fingerprint density at radius 3 is 2.83 bits per heavy atom. The average molecular weight is 187 g/mol. The molecule has 1 aromatic heterocycles. The molecule has 6 heteroatoms. The fourth-order valence-corrected chi connectivity index (χ4v) is 1.67. The zero-order valence-corrected chi connectivity index (χ0v) is 7.81. The molecule has 0 spiro atoms. The fraction of sp³-hybridized carbons (Fsp3) is 0.500. The van der Waals surface area contributed by atoms with Gasteiger partial charge in [-0.3, -0.25) is 0 Å². The lowest BCUT2D eigenvalue weighted by molar-refractivity contribution is -0.486. The van der Waals surface area contributed by atoms with Gasteiger partial charge >= 0.3 is 0 Å². The minimum absolute atomic E-state index is 0.466. The zero-order chi connectivity index (χ0) is 9.14. The number of anilines is 1. The predicted octanol–water partition coefficient (Wildman–Crippen LogP) is 0.646. The van der Waals surface area contributed by atoms with Crippen LogP contribution < -0.4 is 11.2 Å². The Balaban J connectivity index is 2.82. The number of hydrazine groups is 1. The van der Waals surface area contributed by atoms with Crippen molar-refractivity contribution in [3.63, 3.8) is 0 Å². The van der Waals surface area contributed by atoms with Crippen molar-refractivity contribution in [2.24, 2.45) is 5.73 Å². The molecule has 0 saturated carbocycles. The molecule has 0 radical (unpaired) electrons. The first-order valence-electron chi connectivity index (χ1n) is 3.47. The molecule has 0 atom stereocenters. The number of hydrogen-bond acceptors (Lipinski definition) is 4. The van der Waals surface area contributed by atoms with E-state index in [2.05, 4.69) is 10.4 Å². The molecule has 0 aliphatic heterocycles. The number of nitroso groups, excluding NO2 is 1. The molecule has 1 rings (SSSR count). The molecular weight excluding hydrogens is 176 g/mol. The van der Waals surface area contributed by atoms with Gasteiger partial charge in [-0.1, -0.05) is 16.8 Å². The van der Waals surface area contributed by atoms with E-state index in [1.807, 2.05) is 6.92 Å². The van der Waals surface area contributed by atoms with Crippen molar-refractivity contribution in [2.45, 2.75) is 13.5 Å². The van der Waals surface area contributed by atoms with Gasteiger partial charge in [0.15, 0.2) is 0 Å². The summed E-state index contributed by atoms with van der Waals surface area (Å²) in [6.45, 7) is 2.34. The lowest BCUT2D eigenvalue weighted by Gasteiger charge is -1.85. The Labute approximate surface area is 74.2 Å². The molecular formula is C6H11N4OS+. The van der Waals surface area contributed by atoms with Crippen LogP contribution in [0.25, 0.3) is 0 Å². The number of nitrogens with zero attached hydrogens (tertiary/aromatic N) is 2. The standard InChI is InChI=1S/C6H11N4OS/c1-4-5(3-7)12-6(8-4)9-10(2)11/h3,7H2,1-2H3,(H,8,9,11)/q+1. The number of rotatable bonds is 3. The van der Waals surface area contributed by atoms with Gasteiger partial charge in [-0.15, -0.1) is 0 Å². The number of nitrogens with one attached hydrogen (secondary N) is 1. The fourth-order valence-electron chi connectivity index (χ4n) is 0.800. The van der Waals surface area contributed by atoms with Crippen molar-refractivity contribution < 1.29 is 4.87 Å². The van der Waals surface area contributed by atoms with Crippen molar-refractivity contribution in [3.8, 4) is 0 Å². The summed E-state index contributed by atoms with van der Waals surface area (Å²) < 4.78 is 0. The normalized spacial score (nSPS) is 9.92. The number of hydrogen-bond donors (Lipinski definition) is 2. The van der Waals surface area contributed by atoms with E-state index in [9.17, 15) is 4.91 Å². The summed E-state index contributed by atoms with van der Waals surface area (Å²) in [6.07, 6.45) is 0. The molecule has 0 amide bonds. The summed E-state index contributed by atoms with van der Waals surface area (Å²) in [7, 11) is 1.37. The molecule has 66 valence electrons. The first kappa shape index (κ1) is 9.08. The quantitative estimate of drug-likeness (QED) is 0.538. The highest BCUT2D eigenvalue weighted by atomic mass is 32.1. The number of aromatic nitrogens is 1. The average Bonchev–Trinajstić information content (AvgIpc) is 2.29. The minimum Gasteiger partial charge on any atom is -0.326 e. The van der Waals surface area contributed by atoms with Crippen molar-refractivity contribution in [3.05, 3.63) is 15.5 Å². The monoisotopic (exact) mass is 187 g/mol. The number of nitrogens with two attached hydrogens (primary N) is 1. The van der Waals surface area contributed by atoms with Gasteiger partial charge in [-0.2, -0.15) is 0 Å². The Hall–Kier alpha value is -1.01. The summed E-state index contributed by atoms with van der Waals surface area (Å²) in [5, 5.41) is 0.588. The highest BCUT2D eigenvalue weighted by Crippen LogP contribution is 2.21. The van der Waals surface area contributed by atoms with Crippen LogP contribution in [0.5, 0.6) is 0 Å². The summed E-state index contributed by atoms with van der Waals surface area (Å²) in [4.78, 5) is 16.3. The second-order valence-corrected chi connectivity index (χ2v) is 3.42. The molecule has 0 unspecified atom stereocenters. The van der Waals surface area contributed by atoms with Gasteiger partial charge < -0.3 is 5.73 Å². The number of thiazole rings is 1. The third-order valence-electron chi connectivity index (χ3n) is 1.33. The SMILES string of the molecule is Cc1nc(N[N+](C)=O)sc1CN.